The molecule has 1 aromatic rings. The number of hydrogen-bond acceptors (Lipinski definition) is 2. The zero-order valence-corrected chi connectivity index (χ0v) is 13.2. The number of likely N-dealkylation sites (tertiary alicyclic amines) is 1. The van der Waals surface area contributed by atoms with E-state index in [1.165, 1.54) is 62.9 Å². The Hall–Kier alpha value is -0.860. The van der Waals surface area contributed by atoms with Crippen LogP contribution in [0.5, 0.6) is 0 Å². The van der Waals surface area contributed by atoms with Gasteiger partial charge in [-0.1, -0.05) is 44.0 Å². The normalized spacial score (nSPS) is 18.7. The maximum atomic E-state index is 3.67. The van der Waals surface area contributed by atoms with Gasteiger partial charge in [-0.15, -0.1) is 0 Å². The van der Waals surface area contributed by atoms with Crippen molar-refractivity contribution in [3.8, 4) is 0 Å². The topological polar surface area (TPSA) is 15.3 Å². The lowest BCUT2D eigenvalue weighted by atomic mass is 9.98. The summed E-state index contributed by atoms with van der Waals surface area (Å²) in [7, 11) is 0. The lowest BCUT2D eigenvalue weighted by molar-refractivity contribution is 0.266. The fourth-order valence-corrected chi connectivity index (χ4v) is 3.26. The third kappa shape index (κ3) is 4.60. The van der Waals surface area contributed by atoms with Crippen LogP contribution in [0.25, 0.3) is 0 Å². The third-order valence-electron chi connectivity index (χ3n) is 4.45. The molecular formula is C18H30N2. The molecule has 0 radical (unpaired) electrons. The standard InChI is InChI=1S/C18H30N2/c1-3-19-18(17-11-7-6-10-16(17)2)12-15-20-13-8-4-5-9-14-20/h6-7,10-11,18-19H,3-5,8-9,12-15H2,1-2H3. The van der Waals surface area contributed by atoms with E-state index in [0.29, 0.717) is 6.04 Å². The lowest BCUT2D eigenvalue weighted by Crippen LogP contribution is -2.30. The van der Waals surface area contributed by atoms with Crippen LogP contribution in [0.2, 0.25) is 0 Å². The van der Waals surface area contributed by atoms with Gasteiger partial charge in [-0.25, -0.2) is 0 Å². The minimum absolute atomic E-state index is 0.504. The van der Waals surface area contributed by atoms with E-state index >= 15 is 0 Å². The first-order valence-corrected chi connectivity index (χ1v) is 8.32. The van der Waals surface area contributed by atoms with Crippen LogP contribution in [0.4, 0.5) is 0 Å². The zero-order chi connectivity index (χ0) is 14.2. The predicted octanol–water partition coefficient (Wildman–Crippen LogP) is 3.91. The minimum Gasteiger partial charge on any atom is -0.310 e. The van der Waals surface area contributed by atoms with Crippen LogP contribution < -0.4 is 5.32 Å². The summed E-state index contributed by atoms with van der Waals surface area (Å²) < 4.78 is 0. The van der Waals surface area contributed by atoms with Gasteiger partial charge in [-0.3, -0.25) is 0 Å². The Morgan fingerprint density at radius 3 is 2.45 bits per heavy atom. The maximum absolute atomic E-state index is 3.67. The first kappa shape index (κ1) is 15.5. The largest absolute Gasteiger partial charge is 0.310 e. The lowest BCUT2D eigenvalue weighted by Gasteiger charge is -2.25. The Bertz CT molecular complexity index is 381. The highest BCUT2D eigenvalue weighted by molar-refractivity contribution is 5.28. The molecule has 0 spiro atoms. The molecule has 20 heavy (non-hydrogen) atoms. The third-order valence-corrected chi connectivity index (χ3v) is 4.45. The molecule has 1 aromatic carbocycles. The van der Waals surface area contributed by atoms with Gasteiger partial charge in [-0.2, -0.15) is 0 Å². The van der Waals surface area contributed by atoms with Crippen LogP contribution in [-0.2, 0) is 0 Å². The highest BCUT2D eigenvalue weighted by atomic mass is 15.1. The quantitative estimate of drug-likeness (QED) is 0.846. The fourth-order valence-electron chi connectivity index (χ4n) is 3.26. The molecule has 1 fully saturated rings. The molecule has 1 aliphatic rings. The van der Waals surface area contributed by atoms with E-state index in [0.717, 1.165) is 6.54 Å². The number of aryl methyl sites for hydroxylation is 1. The smallest absolute Gasteiger partial charge is 0.0334 e. The van der Waals surface area contributed by atoms with Crippen LogP contribution >= 0.6 is 0 Å². The van der Waals surface area contributed by atoms with E-state index in [-0.39, 0.29) is 0 Å². The number of nitrogens with one attached hydrogen (secondary N) is 1. The van der Waals surface area contributed by atoms with E-state index in [2.05, 4.69) is 48.3 Å². The average Bonchev–Trinajstić information content (AvgIpc) is 2.73. The monoisotopic (exact) mass is 274 g/mol. The zero-order valence-electron chi connectivity index (χ0n) is 13.2. The highest BCUT2D eigenvalue weighted by Gasteiger charge is 2.15. The Morgan fingerprint density at radius 1 is 1.10 bits per heavy atom. The van der Waals surface area contributed by atoms with E-state index in [1.807, 2.05) is 0 Å². The molecule has 1 atom stereocenters. The van der Waals surface area contributed by atoms with Crippen LogP contribution in [0.1, 0.15) is 56.2 Å². The Kier molecular flexibility index (Phi) is 6.55. The van der Waals surface area contributed by atoms with Gasteiger partial charge in [0.15, 0.2) is 0 Å². The molecule has 0 amide bonds. The molecule has 2 rings (SSSR count). The first-order chi connectivity index (χ1) is 9.81. The molecule has 0 aliphatic carbocycles. The molecule has 1 saturated heterocycles. The van der Waals surface area contributed by atoms with Crippen molar-refractivity contribution in [3.63, 3.8) is 0 Å². The molecule has 2 heteroatoms. The summed E-state index contributed by atoms with van der Waals surface area (Å²) in [5.41, 5.74) is 2.89. The average molecular weight is 274 g/mol. The SMILES string of the molecule is CCNC(CCN1CCCCCC1)c1ccccc1C. The second-order valence-corrected chi connectivity index (χ2v) is 6.01. The van der Waals surface area contributed by atoms with Gasteiger partial charge in [0.2, 0.25) is 0 Å². The molecule has 2 nitrogen and oxygen atoms in total. The first-order valence-electron chi connectivity index (χ1n) is 8.32. The van der Waals surface area contributed by atoms with Gasteiger partial charge in [0.25, 0.3) is 0 Å². The van der Waals surface area contributed by atoms with Crippen LogP contribution in [0.15, 0.2) is 24.3 Å². The molecule has 0 bridgehead atoms. The summed E-state index contributed by atoms with van der Waals surface area (Å²) in [5, 5.41) is 3.67. The van der Waals surface area contributed by atoms with Gasteiger partial charge < -0.3 is 10.2 Å². The summed E-state index contributed by atoms with van der Waals surface area (Å²) in [5.74, 6) is 0. The number of hydrogen-bond donors (Lipinski definition) is 1. The van der Waals surface area contributed by atoms with E-state index in [4.69, 9.17) is 0 Å². The predicted molar refractivity (Wildman–Crippen MR) is 87.1 cm³/mol. The number of benzene rings is 1. The summed E-state index contributed by atoms with van der Waals surface area (Å²) in [6, 6.07) is 9.32. The summed E-state index contributed by atoms with van der Waals surface area (Å²) >= 11 is 0. The van der Waals surface area contributed by atoms with Gasteiger partial charge in [0.1, 0.15) is 0 Å². The Morgan fingerprint density at radius 2 is 1.80 bits per heavy atom. The maximum Gasteiger partial charge on any atom is 0.0334 e. The number of nitrogens with zero attached hydrogens (tertiary/aromatic N) is 1. The molecule has 0 saturated carbocycles. The minimum atomic E-state index is 0.504. The van der Waals surface area contributed by atoms with Crippen LogP contribution in [-0.4, -0.2) is 31.1 Å². The van der Waals surface area contributed by atoms with Crippen molar-refractivity contribution >= 4 is 0 Å². The molecule has 112 valence electrons. The Labute approximate surface area is 124 Å². The van der Waals surface area contributed by atoms with E-state index in [9.17, 15) is 0 Å². The van der Waals surface area contributed by atoms with Crippen molar-refractivity contribution in [2.24, 2.45) is 0 Å². The molecule has 0 aromatic heterocycles. The summed E-state index contributed by atoms with van der Waals surface area (Å²) in [6.07, 6.45) is 6.83. The molecular weight excluding hydrogens is 244 g/mol. The highest BCUT2D eigenvalue weighted by Crippen LogP contribution is 2.21. The van der Waals surface area contributed by atoms with Gasteiger partial charge in [0.05, 0.1) is 0 Å². The van der Waals surface area contributed by atoms with Gasteiger partial charge in [0, 0.05) is 6.04 Å². The van der Waals surface area contributed by atoms with E-state index < -0.39 is 0 Å². The van der Waals surface area contributed by atoms with Gasteiger partial charge in [-0.05, 0) is 63.5 Å². The van der Waals surface area contributed by atoms with Crippen LogP contribution in [0, 0.1) is 6.92 Å². The van der Waals surface area contributed by atoms with Crippen molar-refractivity contribution in [1.29, 1.82) is 0 Å². The molecule has 1 N–H and O–H groups in total. The second-order valence-electron chi connectivity index (χ2n) is 6.01. The van der Waals surface area contributed by atoms with Crippen molar-refractivity contribution in [1.82, 2.24) is 10.2 Å². The molecule has 1 heterocycles. The van der Waals surface area contributed by atoms with Crippen LogP contribution in [0.3, 0.4) is 0 Å². The Balaban J connectivity index is 1.93. The van der Waals surface area contributed by atoms with Crippen molar-refractivity contribution in [2.75, 3.05) is 26.2 Å². The van der Waals surface area contributed by atoms with E-state index in [1.54, 1.807) is 0 Å². The van der Waals surface area contributed by atoms with Crippen molar-refractivity contribution in [3.05, 3.63) is 35.4 Å². The second kappa shape index (κ2) is 8.43. The summed E-state index contributed by atoms with van der Waals surface area (Å²) in [4.78, 5) is 2.66. The molecule has 1 unspecified atom stereocenters. The van der Waals surface area contributed by atoms with Crippen molar-refractivity contribution < 1.29 is 0 Å². The summed E-state index contributed by atoms with van der Waals surface area (Å²) in [6.45, 7) is 9.30. The van der Waals surface area contributed by atoms with Crippen molar-refractivity contribution in [2.45, 2.75) is 52.0 Å². The fraction of sp³-hybridized carbons (Fsp3) is 0.667. The number of rotatable bonds is 6. The molecule has 1 aliphatic heterocycles. The van der Waals surface area contributed by atoms with Gasteiger partial charge >= 0.3 is 0 Å².